The topological polar surface area (TPSA) is 208 Å². The number of fused-ring (bicyclic) bond motifs is 1. The van der Waals surface area contributed by atoms with Crippen molar-refractivity contribution in [3.63, 3.8) is 0 Å². The Bertz CT molecular complexity index is 1320. The summed E-state index contributed by atoms with van der Waals surface area (Å²) in [5.41, 5.74) is 4.57. The number of hydrogen-bond acceptors (Lipinski definition) is 10. The Labute approximate surface area is 173 Å². The van der Waals surface area contributed by atoms with E-state index in [1.165, 1.54) is 0 Å². The van der Waals surface area contributed by atoms with Crippen molar-refractivity contribution in [1.29, 1.82) is 5.26 Å². The second-order valence-corrected chi connectivity index (χ2v) is 7.10. The first-order chi connectivity index (χ1) is 14.8. The lowest BCUT2D eigenvalue weighted by atomic mass is 10.1. The highest BCUT2D eigenvalue weighted by Crippen LogP contribution is 2.30. The van der Waals surface area contributed by atoms with Crippen molar-refractivity contribution < 1.29 is 20.1 Å². The zero-order valence-electron chi connectivity index (χ0n) is 16.0. The van der Waals surface area contributed by atoms with E-state index < -0.39 is 42.4 Å². The summed E-state index contributed by atoms with van der Waals surface area (Å²) in [4.78, 5) is 30.2. The molecule has 7 N–H and O–H groups in total. The van der Waals surface area contributed by atoms with Gasteiger partial charge in [0.1, 0.15) is 18.3 Å². The molecule has 3 heterocycles. The zero-order valence-corrected chi connectivity index (χ0v) is 16.0. The fraction of sp³-hybridized carbons (Fsp3) is 0.333. The molecule has 3 aromatic rings. The van der Waals surface area contributed by atoms with E-state index in [1.807, 2.05) is 6.07 Å². The van der Waals surface area contributed by atoms with Gasteiger partial charge in [0.2, 0.25) is 5.95 Å². The van der Waals surface area contributed by atoms with Crippen LogP contribution in [0.2, 0.25) is 0 Å². The SMILES string of the molecule is N#Cc1cccc(Cn2c(=O)n([C@@H]3O[C@H](CO)[C@@H](O)[C@H]3O)c3nc(N)n(N)c(=O)c32)c1. The lowest BCUT2D eigenvalue weighted by molar-refractivity contribution is -0.0527. The number of aliphatic hydroxyl groups is 3. The smallest absolute Gasteiger partial charge is 0.333 e. The van der Waals surface area contributed by atoms with Gasteiger partial charge in [-0.1, -0.05) is 12.1 Å². The molecule has 1 aromatic carbocycles. The number of hydrogen-bond donors (Lipinski definition) is 5. The summed E-state index contributed by atoms with van der Waals surface area (Å²) in [6, 6.07) is 8.42. The van der Waals surface area contributed by atoms with Crippen molar-refractivity contribution in [2.75, 3.05) is 18.2 Å². The molecule has 0 radical (unpaired) electrons. The van der Waals surface area contributed by atoms with Crippen LogP contribution in [0.5, 0.6) is 0 Å². The molecule has 2 aromatic heterocycles. The van der Waals surface area contributed by atoms with Crippen LogP contribution in [0, 0.1) is 11.3 Å². The number of benzene rings is 1. The molecule has 13 nitrogen and oxygen atoms in total. The Morgan fingerprint density at radius 2 is 2.00 bits per heavy atom. The standard InChI is InChI=1S/C18H19N7O6/c19-5-8-2-1-3-9(4-8)6-23-11-14(22-17(20)25(21)15(11)29)24(18(23)30)16-13(28)12(27)10(7-26)31-16/h1-4,10,12-13,16,26-28H,6-7,21H2,(H2,20,22)/t10-,12-,13-,16-/m1/s1. The number of nitrogens with zero attached hydrogens (tertiary/aromatic N) is 5. The fourth-order valence-corrected chi connectivity index (χ4v) is 3.64. The molecule has 162 valence electrons. The number of aromatic nitrogens is 4. The maximum Gasteiger partial charge on any atom is 0.333 e. The molecule has 31 heavy (non-hydrogen) atoms. The van der Waals surface area contributed by atoms with Crippen LogP contribution < -0.4 is 22.8 Å². The second-order valence-electron chi connectivity index (χ2n) is 7.10. The molecular weight excluding hydrogens is 410 g/mol. The van der Waals surface area contributed by atoms with E-state index in [0.29, 0.717) is 15.8 Å². The summed E-state index contributed by atoms with van der Waals surface area (Å²) in [6.45, 7) is -0.721. The van der Waals surface area contributed by atoms with Crippen LogP contribution >= 0.6 is 0 Å². The summed E-state index contributed by atoms with van der Waals surface area (Å²) in [7, 11) is 0. The lowest BCUT2D eigenvalue weighted by Gasteiger charge is -2.16. The maximum absolute atomic E-state index is 13.3. The third kappa shape index (κ3) is 3.14. The number of imidazole rings is 1. The van der Waals surface area contributed by atoms with Crippen LogP contribution in [-0.2, 0) is 11.3 Å². The van der Waals surface area contributed by atoms with Gasteiger partial charge in [-0.25, -0.2) is 9.36 Å². The molecule has 0 aliphatic carbocycles. The van der Waals surface area contributed by atoms with Crippen molar-refractivity contribution in [3.05, 3.63) is 56.2 Å². The van der Waals surface area contributed by atoms with Gasteiger partial charge in [0, 0.05) is 0 Å². The Hall–Kier alpha value is -3.70. The van der Waals surface area contributed by atoms with E-state index in [1.54, 1.807) is 24.3 Å². The molecular formula is C18H19N7O6. The third-order valence-corrected chi connectivity index (χ3v) is 5.20. The van der Waals surface area contributed by atoms with Crippen molar-refractivity contribution >= 4 is 17.1 Å². The molecule has 1 fully saturated rings. The molecule has 0 unspecified atom stereocenters. The quantitative estimate of drug-likeness (QED) is 0.269. The van der Waals surface area contributed by atoms with Crippen LogP contribution in [0.15, 0.2) is 33.9 Å². The van der Waals surface area contributed by atoms with Gasteiger partial charge in [-0.05, 0) is 17.7 Å². The highest BCUT2D eigenvalue weighted by Gasteiger charge is 2.45. The number of rotatable bonds is 4. The average Bonchev–Trinajstić information content (AvgIpc) is 3.19. The fourth-order valence-electron chi connectivity index (χ4n) is 3.64. The van der Waals surface area contributed by atoms with Gasteiger partial charge in [-0.3, -0.25) is 9.36 Å². The van der Waals surface area contributed by atoms with E-state index in [0.717, 1.165) is 9.13 Å². The molecule has 0 amide bonds. The van der Waals surface area contributed by atoms with Crippen LogP contribution in [0.1, 0.15) is 17.4 Å². The normalized spacial score (nSPS) is 23.3. The summed E-state index contributed by atoms with van der Waals surface area (Å²) >= 11 is 0. The largest absolute Gasteiger partial charge is 0.394 e. The van der Waals surface area contributed by atoms with Gasteiger partial charge in [0.25, 0.3) is 5.56 Å². The van der Waals surface area contributed by atoms with Crippen LogP contribution in [0.3, 0.4) is 0 Å². The van der Waals surface area contributed by atoms with Gasteiger partial charge in [0.05, 0.1) is 24.8 Å². The van der Waals surface area contributed by atoms with Gasteiger partial charge in [-0.2, -0.15) is 14.9 Å². The van der Waals surface area contributed by atoms with E-state index in [9.17, 15) is 24.9 Å². The summed E-state index contributed by atoms with van der Waals surface area (Å²) in [5, 5.41) is 39.0. The first-order valence-corrected chi connectivity index (χ1v) is 9.18. The molecule has 0 bridgehead atoms. The van der Waals surface area contributed by atoms with Gasteiger partial charge < -0.3 is 31.6 Å². The van der Waals surface area contributed by atoms with Gasteiger partial charge in [-0.15, -0.1) is 0 Å². The zero-order chi connectivity index (χ0) is 22.4. The van der Waals surface area contributed by atoms with E-state index in [-0.39, 0.29) is 23.7 Å². The number of nitrogen functional groups attached to an aromatic ring is 2. The third-order valence-electron chi connectivity index (χ3n) is 5.20. The molecule has 1 saturated heterocycles. The van der Waals surface area contributed by atoms with Crippen LogP contribution in [0.25, 0.3) is 11.2 Å². The van der Waals surface area contributed by atoms with Crippen molar-refractivity contribution in [1.82, 2.24) is 18.8 Å². The molecule has 0 spiro atoms. The molecule has 4 atom stereocenters. The van der Waals surface area contributed by atoms with Gasteiger partial charge in [0.15, 0.2) is 17.4 Å². The number of aliphatic hydroxyl groups excluding tert-OH is 3. The first-order valence-electron chi connectivity index (χ1n) is 9.18. The maximum atomic E-state index is 13.3. The minimum Gasteiger partial charge on any atom is -0.394 e. The van der Waals surface area contributed by atoms with E-state index in [4.69, 9.17) is 21.6 Å². The monoisotopic (exact) mass is 429 g/mol. The van der Waals surface area contributed by atoms with Crippen LogP contribution in [-0.4, -0.2) is 59.0 Å². The van der Waals surface area contributed by atoms with Crippen molar-refractivity contribution in [3.8, 4) is 6.07 Å². The van der Waals surface area contributed by atoms with Crippen LogP contribution in [0.4, 0.5) is 5.95 Å². The second kappa shape index (κ2) is 7.52. The molecule has 13 heteroatoms. The van der Waals surface area contributed by atoms with Gasteiger partial charge >= 0.3 is 5.69 Å². The number of nitrogens with two attached hydrogens (primary N) is 2. The number of anilines is 1. The minimum atomic E-state index is -1.58. The number of ether oxygens (including phenoxy) is 1. The van der Waals surface area contributed by atoms with Crippen molar-refractivity contribution in [2.45, 2.75) is 31.1 Å². The Morgan fingerprint density at radius 1 is 1.26 bits per heavy atom. The summed E-state index contributed by atoms with van der Waals surface area (Å²) in [6.07, 6.45) is -5.64. The molecule has 4 rings (SSSR count). The Balaban J connectivity index is 1.96. The highest BCUT2D eigenvalue weighted by atomic mass is 16.6. The molecule has 0 saturated carbocycles. The Morgan fingerprint density at radius 3 is 2.65 bits per heavy atom. The predicted molar refractivity (Wildman–Crippen MR) is 106 cm³/mol. The predicted octanol–water partition coefficient (Wildman–Crippen LogP) is -2.81. The molecule has 1 aliphatic heterocycles. The lowest BCUT2D eigenvalue weighted by Crippen LogP contribution is -2.36. The summed E-state index contributed by atoms with van der Waals surface area (Å²) < 4.78 is 7.99. The minimum absolute atomic E-state index is 0.118. The average molecular weight is 429 g/mol. The Kier molecular flexibility index (Phi) is 4.99. The first kappa shape index (κ1) is 20.6. The number of nitriles is 1. The summed E-state index contributed by atoms with van der Waals surface area (Å²) in [5.74, 6) is 5.27. The van der Waals surface area contributed by atoms with E-state index in [2.05, 4.69) is 4.98 Å². The highest BCUT2D eigenvalue weighted by molar-refractivity contribution is 5.72. The van der Waals surface area contributed by atoms with E-state index >= 15 is 0 Å². The molecule has 1 aliphatic rings. The van der Waals surface area contributed by atoms with Crippen molar-refractivity contribution in [2.24, 2.45) is 0 Å².